The van der Waals surface area contributed by atoms with Gasteiger partial charge in [0.25, 0.3) is 0 Å². The van der Waals surface area contributed by atoms with E-state index < -0.39 is 0 Å². The number of likely N-dealkylation sites (N-methyl/N-ethyl adjacent to an activating group) is 1. The Morgan fingerprint density at radius 1 is 1.50 bits per heavy atom. The summed E-state index contributed by atoms with van der Waals surface area (Å²) in [6, 6.07) is 3.47. The predicted molar refractivity (Wildman–Crippen MR) is 69.7 cm³/mol. The molecular formula is C13H17N3O4. The normalized spacial score (nSPS) is 10.7. The second-order valence-electron chi connectivity index (χ2n) is 4.19. The monoisotopic (exact) mass is 279 g/mol. The number of carbonyl (C=O) groups excluding carboxylic acids is 1. The second-order valence-corrected chi connectivity index (χ2v) is 4.19. The largest absolute Gasteiger partial charge is 0.461 e. The van der Waals surface area contributed by atoms with Crippen LogP contribution in [0.2, 0.25) is 0 Å². The number of hydrogen-bond acceptors (Lipinski definition) is 6. The van der Waals surface area contributed by atoms with E-state index in [9.17, 15) is 4.79 Å². The molecule has 2 heterocycles. The zero-order valence-electron chi connectivity index (χ0n) is 11.3. The highest BCUT2D eigenvalue weighted by Gasteiger charge is 2.15. The first-order valence-electron chi connectivity index (χ1n) is 6.49. The van der Waals surface area contributed by atoms with E-state index >= 15 is 0 Å². The molecule has 0 aliphatic carbocycles. The van der Waals surface area contributed by atoms with Crippen LogP contribution in [0.15, 0.2) is 27.3 Å². The van der Waals surface area contributed by atoms with Gasteiger partial charge in [0.05, 0.1) is 12.9 Å². The van der Waals surface area contributed by atoms with Gasteiger partial charge in [-0.1, -0.05) is 5.16 Å². The van der Waals surface area contributed by atoms with Crippen molar-refractivity contribution in [1.82, 2.24) is 15.0 Å². The van der Waals surface area contributed by atoms with E-state index in [1.54, 1.807) is 17.0 Å². The maximum atomic E-state index is 11.9. The van der Waals surface area contributed by atoms with Crippen molar-refractivity contribution in [2.24, 2.45) is 0 Å². The van der Waals surface area contributed by atoms with Gasteiger partial charge in [-0.15, -0.1) is 0 Å². The molecule has 0 aliphatic heterocycles. The lowest BCUT2D eigenvalue weighted by Crippen LogP contribution is -2.33. The Morgan fingerprint density at radius 2 is 2.35 bits per heavy atom. The first-order chi connectivity index (χ1) is 9.74. The third kappa shape index (κ3) is 3.45. The Kier molecular flexibility index (Phi) is 4.89. The molecule has 0 aliphatic rings. The molecule has 0 aromatic carbocycles. The number of aliphatic hydroxyl groups is 1. The van der Waals surface area contributed by atoms with Gasteiger partial charge in [-0.2, -0.15) is 4.98 Å². The number of aryl methyl sites for hydroxylation is 1. The molecule has 0 fully saturated rings. The van der Waals surface area contributed by atoms with E-state index in [-0.39, 0.29) is 18.9 Å². The van der Waals surface area contributed by atoms with Crippen LogP contribution in [0, 0.1) is 0 Å². The van der Waals surface area contributed by atoms with Gasteiger partial charge in [0.1, 0.15) is 0 Å². The van der Waals surface area contributed by atoms with Crippen LogP contribution in [-0.2, 0) is 11.2 Å². The summed E-state index contributed by atoms with van der Waals surface area (Å²) >= 11 is 0. The average molecular weight is 279 g/mol. The van der Waals surface area contributed by atoms with Crippen LogP contribution in [0.1, 0.15) is 19.2 Å². The van der Waals surface area contributed by atoms with Crippen molar-refractivity contribution < 1.29 is 18.8 Å². The summed E-state index contributed by atoms with van der Waals surface area (Å²) in [7, 11) is 0. The summed E-state index contributed by atoms with van der Waals surface area (Å²) in [5.74, 6) is 1.26. The van der Waals surface area contributed by atoms with Crippen molar-refractivity contribution in [3.05, 3.63) is 24.3 Å². The van der Waals surface area contributed by atoms with Crippen LogP contribution in [-0.4, -0.2) is 45.8 Å². The minimum Gasteiger partial charge on any atom is -0.461 e. The molecule has 7 nitrogen and oxygen atoms in total. The van der Waals surface area contributed by atoms with Gasteiger partial charge in [-0.25, -0.2) is 0 Å². The fourth-order valence-corrected chi connectivity index (χ4v) is 1.81. The lowest BCUT2D eigenvalue weighted by Gasteiger charge is -2.18. The summed E-state index contributed by atoms with van der Waals surface area (Å²) in [5, 5.41) is 12.7. The molecule has 0 radical (unpaired) electrons. The first-order valence-corrected chi connectivity index (χ1v) is 6.49. The van der Waals surface area contributed by atoms with Gasteiger partial charge in [0.2, 0.25) is 17.6 Å². The third-order valence-corrected chi connectivity index (χ3v) is 2.87. The van der Waals surface area contributed by atoms with Crippen molar-refractivity contribution in [3.63, 3.8) is 0 Å². The minimum atomic E-state index is -0.0423. The average Bonchev–Trinajstić information content (AvgIpc) is 3.12. The van der Waals surface area contributed by atoms with Crippen LogP contribution in [0.4, 0.5) is 0 Å². The first kappa shape index (κ1) is 14.3. The Labute approximate surface area is 116 Å². The van der Waals surface area contributed by atoms with Gasteiger partial charge in [-0.05, 0) is 19.1 Å². The number of hydrogen-bond donors (Lipinski definition) is 1. The minimum absolute atomic E-state index is 0.0389. The van der Waals surface area contributed by atoms with E-state index in [1.165, 1.54) is 6.26 Å². The van der Waals surface area contributed by atoms with Crippen LogP contribution in [0.3, 0.4) is 0 Å². The standard InChI is InChI=1S/C13H17N3O4/c1-2-16(7-8-17)12(18)6-5-11-14-13(15-20-11)10-4-3-9-19-10/h3-4,9,17H,2,5-8H2,1H3. The molecule has 20 heavy (non-hydrogen) atoms. The van der Waals surface area contributed by atoms with E-state index in [1.807, 2.05) is 6.92 Å². The number of nitrogens with zero attached hydrogens (tertiary/aromatic N) is 3. The maximum absolute atomic E-state index is 11.9. The number of rotatable bonds is 7. The van der Waals surface area contributed by atoms with Gasteiger partial charge < -0.3 is 18.9 Å². The fraction of sp³-hybridized carbons (Fsp3) is 0.462. The highest BCUT2D eigenvalue weighted by molar-refractivity contribution is 5.76. The molecule has 0 spiro atoms. The molecular weight excluding hydrogens is 262 g/mol. The van der Waals surface area contributed by atoms with E-state index in [0.29, 0.717) is 37.0 Å². The molecule has 1 amide bonds. The Bertz CT molecular complexity index is 536. The number of furan rings is 1. The summed E-state index contributed by atoms with van der Waals surface area (Å²) in [4.78, 5) is 17.6. The Balaban J connectivity index is 1.90. The van der Waals surface area contributed by atoms with Crippen molar-refractivity contribution in [2.75, 3.05) is 19.7 Å². The highest BCUT2D eigenvalue weighted by atomic mass is 16.5. The van der Waals surface area contributed by atoms with Gasteiger partial charge in [0.15, 0.2) is 5.76 Å². The van der Waals surface area contributed by atoms with E-state index in [4.69, 9.17) is 14.0 Å². The topological polar surface area (TPSA) is 92.6 Å². The van der Waals surface area contributed by atoms with Gasteiger partial charge in [0, 0.05) is 25.9 Å². The molecule has 0 saturated carbocycles. The molecule has 0 atom stereocenters. The predicted octanol–water partition coefficient (Wildman–Crippen LogP) is 1.10. The summed E-state index contributed by atoms with van der Waals surface area (Å²) < 4.78 is 10.2. The second kappa shape index (κ2) is 6.85. The number of amides is 1. The van der Waals surface area contributed by atoms with Crippen LogP contribution in [0.25, 0.3) is 11.6 Å². The zero-order chi connectivity index (χ0) is 14.4. The number of aliphatic hydroxyl groups excluding tert-OH is 1. The number of carbonyl (C=O) groups is 1. The molecule has 0 unspecified atom stereocenters. The van der Waals surface area contributed by atoms with Crippen molar-refractivity contribution in [1.29, 1.82) is 0 Å². The van der Waals surface area contributed by atoms with E-state index in [0.717, 1.165) is 0 Å². The van der Waals surface area contributed by atoms with Crippen LogP contribution in [0.5, 0.6) is 0 Å². The molecule has 0 saturated heterocycles. The summed E-state index contributed by atoms with van der Waals surface area (Å²) in [5.41, 5.74) is 0. The lowest BCUT2D eigenvalue weighted by atomic mass is 10.2. The summed E-state index contributed by atoms with van der Waals surface area (Å²) in [6.45, 7) is 2.75. The molecule has 2 aromatic heterocycles. The molecule has 2 rings (SSSR count). The van der Waals surface area contributed by atoms with Gasteiger partial charge >= 0.3 is 0 Å². The zero-order valence-corrected chi connectivity index (χ0v) is 11.3. The molecule has 7 heteroatoms. The van der Waals surface area contributed by atoms with E-state index in [2.05, 4.69) is 10.1 Å². The molecule has 2 aromatic rings. The Hall–Kier alpha value is -2.15. The van der Waals surface area contributed by atoms with Crippen molar-refractivity contribution >= 4 is 5.91 Å². The third-order valence-electron chi connectivity index (χ3n) is 2.87. The van der Waals surface area contributed by atoms with Crippen molar-refractivity contribution in [2.45, 2.75) is 19.8 Å². The highest BCUT2D eigenvalue weighted by Crippen LogP contribution is 2.16. The smallest absolute Gasteiger partial charge is 0.238 e. The molecule has 108 valence electrons. The molecule has 1 N–H and O–H groups in total. The maximum Gasteiger partial charge on any atom is 0.238 e. The fourth-order valence-electron chi connectivity index (χ4n) is 1.81. The van der Waals surface area contributed by atoms with Crippen LogP contribution >= 0.6 is 0 Å². The molecule has 0 bridgehead atoms. The lowest BCUT2D eigenvalue weighted by molar-refractivity contribution is -0.131. The van der Waals surface area contributed by atoms with Gasteiger partial charge in [-0.3, -0.25) is 4.79 Å². The quantitative estimate of drug-likeness (QED) is 0.816. The van der Waals surface area contributed by atoms with Crippen LogP contribution < -0.4 is 0 Å². The SMILES string of the molecule is CCN(CCO)C(=O)CCc1nc(-c2ccco2)no1. The Morgan fingerprint density at radius 3 is 3.00 bits per heavy atom. The number of aromatic nitrogens is 2. The summed E-state index contributed by atoms with van der Waals surface area (Å²) in [6.07, 6.45) is 2.17. The van der Waals surface area contributed by atoms with Crippen molar-refractivity contribution in [3.8, 4) is 11.6 Å².